The second kappa shape index (κ2) is 5.14. The molecule has 0 amide bonds. The molecule has 1 aliphatic rings. The standard InChI is InChI=1S/C12H19N3O/c1-3-16-12-9(2)11(14-8-15-12)13-7-10-5-4-6-10/h8,10H,3-7H2,1-2H3,(H,13,14,15). The lowest BCUT2D eigenvalue weighted by Gasteiger charge is -2.25. The van der Waals surface area contributed by atoms with Crippen molar-refractivity contribution in [1.29, 1.82) is 0 Å². The third kappa shape index (κ3) is 2.43. The van der Waals surface area contributed by atoms with Gasteiger partial charge in [-0.05, 0) is 32.6 Å². The minimum Gasteiger partial charge on any atom is -0.478 e. The maximum absolute atomic E-state index is 5.43. The fraction of sp³-hybridized carbons (Fsp3) is 0.667. The highest BCUT2D eigenvalue weighted by Gasteiger charge is 2.17. The summed E-state index contributed by atoms with van der Waals surface area (Å²) in [6.45, 7) is 5.61. The monoisotopic (exact) mass is 221 g/mol. The Morgan fingerprint density at radius 1 is 1.44 bits per heavy atom. The van der Waals surface area contributed by atoms with Crippen molar-refractivity contribution in [3.05, 3.63) is 11.9 Å². The van der Waals surface area contributed by atoms with Crippen molar-refractivity contribution in [2.24, 2.45) is 5.92 Å². The van der Waals surface area contributed by atoms with Crippen LogP contribution in [0.25, 0.3) is 0 Å². The number of nitrogens with one attached hydrogen (secondary N) is 1. The Morgan fingerprint density at radius 2 is 2.25 bits per heavy atom. The lowest BCUT2D eigenvalue weighted by atomic mass is 9.85. The highest BCUT2D eigenvalue weighted by atomic mass is 16.5. The molecule has 0 aliphatic heterocycles. The van der Waals surface area contributed by atoms with Gasteiger partial charge in [0.1, 0.15) is 12.1 Å². The van der Waals surface area contributed by atoms with Crippen molar-refractivity contribution in [3.8, 4) is 5.88 Å². The van der Waals surface area contributed by atoms with E-state index in [9.17, 15) is 0 Å². The first-order valence-electron chi connectivity index (χ1n) is 5.99. The number of aromatic nitrogens is 2. The predicted molar refractivity (Wildman–Crippen MR) is 63.8 cm³/mol. The molecule has 1 N–H and O–H groups in total. The summed E-state index contributed by atoms with van der Waals surface area (Å²) in [7, 11) is 0. The summed E-state index contributed by atoms with van der Waals surface area (Å²) in [6.07, 6.45) is 5.62. The van der Waals surface area contributed by atoms with E-state index in [1.54, 1.807) is 6.33 Å². The van der Waals surface area contributed by atoms with Crippen LogP contribution in [0.5, 0.6) is 5.88 Å². The molecule has 0 aromatic carbocycles. The zero-order valence-corrected chi connectivity index (χ0v) is 9.99. The van der Waals surface area contributed by atoms with Crippen molar-refractivity contribution in [2.75, 3.05) is 18.5 Å². The van der Waals surface area contributed by atoms with E-state index in [0.29, 0.717) is 12.5 Å². The van der Waals surface area contributed by atoms with Gasteiger partial charge >= 0.3 is 0 Å². The predicted octanol–water partition coefficient (Wildman–Crippen LogP) is 2.40. The van der Waals surface area contributed by atoms with Crippen LogP contribution >= 0.6 is 0 Å². The topological polar surface area (TPSA) is 47.0 Å². The van der Waals surface area contributed by atoms with Crippen LogP contribution in [0.1, 0.15) is 31.7 Å². The van der Waals surface area contributed by atoms with E-state index < -0.39 is 0 Å². The van der Waals surface area contributed by atoms with Crippen LogP contribution in [0.2, 0.25) is 0 Å². The first kappa shape index (κ1) is 11.2. The summed E-state index contributed by atoms with van der Waals surface area (Å²) >= 11 is 0. The molecule has 4 nitrogen and oxygen atoms in total. The quantitative estimate of drug-likeness (QED) is 0.829. The number of anilines is 1. The maximum Gasteiger partial charge on any atom is 0.221 e. The van der Waals surface area contributed by atoms with E-state index >= 15 is 0 Å². The molecule has 1 saturated carbocycles. The fourth-order valence-electron chi connectivity index (χ4n) is 1.83. The Balaban J connectivity index is 1.98. The second-order valence-electron chi connectivity index (χ2n) is 4.26. The molecule has 0 saturated heterocycles. The molecule has 1 aliphatic carbocycles. The largest absolute Gasteiger partial charge is 0.478 e. The van der Waals surface area contributed by atoms with Crippen LogP contribution in [0.4, 0.5) is 5.82 Å². The maximum atomic E-state index is 5.43. The van der Waals surface area contributed by atoms with Crippen molar-refractivity contribution in [3.63, 3.8) is 0 Å². The van der Waals surface area contributed by atoms with Crippen LogP contribution in [0, 0.1) is 12.8 Å². The van der Waals surface area contributed by atoms with E-state index in [2.05, 4.69) is 15.3 Å². The molecular formula is C12H19N3O. The van der Waals surface area contributed by atoms with E-state index in [4.69, 9.17) is 4.74 Å². The van der Waals surface area contributed by atoms with Crippen LogP contribution in [-0.2, 0) is 0 Å². The molecule has 0 atom stereocenters. The van der Waals surface area contributed by atoms with Gasteiger partial charge in [0.15, 0.2) is 0 Å². The van der Waals surface area contributed by atoms with Gasteiger partial charge in [-0.1, -0.05) is 6.42 Å². The fourth-order valence-corrected chi connectivity index (χ4v) is 1.83. The van der Waals surface area contributed by atoms with E-state index in [-0.39, 0.29) is 0 Å². The Hall–Kier alpha value is -1.32. The van der Waals surface area contributed by atoms with Crippen LogP contribution < -0.4 is 10.1 Å². The molecule has 88 valence electrons. The average molecular weight is 221 g/mol. The minimum atomic E-state index is 0.639. The lowest BCUT2D eigenvalue weighted by Crippen LogP contribution is -2.21. The minimum absolute atomic E-state index is 0.639. The number of nitrogens with zero attached hydrogens (tertiary/aromatic N) is 2. The smallest absolute Gasteiger partial charge is 0.221 e. The van der Waals surface area contributed by atoms with Crippen molar-refractivity contribution in [2.45, 2.75) is 33.1 Å². The first-order chi connectivity index (χ1) is 7.81. The molecule has 1 aromatic heterocycles. The van der Waals surface area contributed by atoms with Crippen molar-refractivity contribution in [1.82, 2.24) is 9.97 Å². The summed E-state index contributed by atoms with van der Waals surface area (Å²) in [6, 6.07) is 0. The summed E-state index contributed by atoms with van der Waals surface area (Å²) in [5.74, 6) is 2.42. The highest BCUT2D eigenvalue weighted by molar-refractivity contribution is 5.47. The molecule has 4 heteroatoms. The number of ether oxygens (including phenoxy) is 1. The SMILES string of the molecule is CCOc1ncnc(NCC2CCC2)c1C. The molecule has 1 heterocycles. The van der Waals surface area contributed by atoms with Gasteiger partial charge in [0, 0.05) is 6.54 Å². The molecule has 0 bridgehead atoms. The molecule has 0 spiro atoms. The zero-order valence-electron chi connectivity index (χ0n) is 9.99. The summed E-state index contributed by atoms with van der Waals surface area (Å²) in [4.78, 5) is 8.37. The van der Waals surface area contributed by atoms with Crippen molar-refractivity contribution >= 4 is 5.82 Å². The average Bonchev–Trinajstić information content (AvgIpc) is 2.21. The summed E-state index contributed by atoms with van der Waals surface area (Å²) in [5.41, 5.74) is 1.00. The molecule has 2 rings (SSSR count). The molecule has 16 heavy (non-hydrogen) atoms. The van der Waals surface area contributed by atoms with Gasteiger partial charge in [-0.15, -0.1) is 0 Å². The molecule has 0 unspecified atom stereocenters. The van der Waals surface area contributed by atoms with Gasteiger partial charge in [-0.3, -0.25) is 0 Å². The Kier molecular flexibility index (Phi) is 3.59. The van der Waals surface area contributed by atoms with E-state index in [1.165, 1.54) is 19.3 Å². The third-order valence-corrected chi connectivity index (χ3v) is 3.10. The number of hydrogen-bond donors (Lipinski definition) is 1. The number of hydrogen-bond acceptors (Lipinski definition) is 4. The summed E-state index contributed by atoms with van der Waals surface area (Å²) < 4.78 is 5.43. The second-order valence-corrected chi connectivity index (χ2v) is 4.26. The molecular weight excluding hydrogens is 202 g/mol. The lowest BCUT2D eigenvalue weighted by molar-refractivity contribution is 0.322. The Morgan fingerprint density at radius 3 is 2.88 bits per heavy atom. The zero-order chi connectivity index (χ0) is 11.4. The van der Waals surface area contributed by atoms with Crippen LogP contribution in [0.3, 0.4) is 0 Å². The van der Waals surface area contributed by atoms with Gasteiger partial charge in [-0.2, -0.15) is 0 Å². The van der Waals surface area contributed by atoms with E-state index in [1.807, 2.05) is 13.8 Å². The molecule has 0 radical (unpaired) electrons. The third-order valence-electron chi connectivity index (χ3n) is 3.10. The van der Waals surface area contributed by atoms with Crippen LogP contribution in [-0.4, -0.2) is 23.1 Å². The van der Waals surface area contributed by atoms with Gasteiger partial charge in [0.25, 0.3) is 0 Å². The van der Waals surface area contributed by atoms with Crippen molar-refractivity contribution < 1.29 is 4.74 Å². The normalized spacial score (nSPS) is 15.6. The van der Waals surface area contributed by atoms with Crippen LogP contribution in [0.15, 0.2) is 6.33 Å². The summed E-state index contributed by atoms with van der Waals surface area (Å²) in [5, 5.41) is 3.38. The Labute approximate surface area is 96.4 Å². The molecule has 1 fully saturated rings. The van der Waals surface area contributed by atoms with E-state index in [0.717, 1.165) is 23.8 Å². The first-order valence-corrected chi connectivity index (χ1v) is 5.99. The highest BCUT2D eigenvalue weighted by Crippen LogP contribution is 2.27. The van der Waals surface area contributed by atoms with Gasteiger partial charge in [0.05, 0.1) is 12.2 Å². The Bertz CT molecular complexity index is 350. The molecule has 1 aromatic rings. The number of rotatable bonds is 5. The van der Waals surface area contributed by atoms with Gasteiger partial charge in [0.2, 0.25) is 5.88 Å². The van der Waals surface area contributed by atoms with Gasteiger partial charge < -0.3 is 10.1 Å². The van der Waals surface area contributed by atoms with Gasteiger partial charge in [-0.25, -0.2) is 9.97 Å².